The molecule has 2 saturated heterocycles. The first kappa shape index (κ1) is 43.0. The Morgan fingerprint density at radius 3 is 1.41 bits per heavy atom. The molecular formula is C39H61N5O7. The van der Waals surface area contributed by atoms with Crippen molar-refractivity contribution in [3.63, 3.8) is 0 Å². The van der Waals surface area contributed by atoms with Gasteiger partial charge in [-0.1, -0.05) is 36.4 Å². The molecule has 0 radical (unpaired) electrons. The van der Waals surface area contributed by atoms with Gasteiger partial charge in [-0.05, 0) is 135 Å². The van der Waals surface area contributed by atoms with E-state index in [0.717, 1.165) is 74.2 Å². The standard InChI is InChI=1S/C20H30N2O3.C13H20N2O2.C6H11NO2/c1-20(2,3)25-19(24)21-11-10-16-6-8-17(9-7-16)14-18(23)15-22-12-4-5-13-22;1-13(2,3)17-12(16)15-9-8-10-4-6-11(14)7-5-10;8-6(9)5-7-3-1-2-4-7/h6-9H,4-5,10-15H2,1-3H3,(H,21,24);4-7H,8-9,14H2,1-3H3,(H,15,16);1-5H2,(H,8,9). The molecule has 0 atom stereocenters. The molecule has 2 fully saturated rings. The quantitative estimate of drug-likeness (QED) is 0.208. The van der Waals surface area contributed by atoms with Gasteiger partial charge >= 0.3 is 18.2 Å². The summed E-state index contributed by atoms with van der Waals surface area (Å²) in [6.45, 7) is 17.0. The van der Waals surface area contributed by atoms with Crippen LogP contribution in [0.1, 0.15) is 83.9 Å². The first-order chi connectivity index (χ1) is 24.0. The van der Waals surface area contributed by atoms with Gasteiger partial charge in [-0.25, -0.2) is 9.59 Å². The predicted molar refractivity (Wildman–Crippen MR) is 201 cm³/mol. The summed E-state index contributed by atoms with van der Waals surface area (Å²) in [7, 11) is 0. The molecule has 0 unspecified atom stereocenters. The number of nitrogens with zero attached hydrogens (tertiary/aromatic N) is 2. The van der Waals surface area contributed by atoms with E-state index in [1.54, 1.807) is 0 Å². The Morgan fingerprint density at radius 1 is 0.647 bits per heavy atom. The molecule has 0 spiro atoms. The number of benzene rings is 2. The van der Waals surface area contributed by atoms with Crippen LogP contribution in [0, 0.1) is 0 Å². The minimum Gasteiger partial charge on any atom is -0.480 e. The van der Waals surface area contributed by atoms with Crippen LogP contribution >= 0.6 is 0 Å². The highest BCUT2D eigenvalue weighted by atomic mass is 16.6. The van der Waals surface area contributed by atoms with Crippen LogP contribution in [0.2, 0.25) is 0 Å². The largest absolute Gasteiger partial charge is 0.480 e. The lowest BCUT2D eigenvalue weighted by Crippen LogP contribution is -2.33. The smallest absolute Gasteiger partial charge is 0.407 e. The lowest BCUT2D eigenvalue weighted by Gasteiger charge is -2.19. The van der Waals surface area contributed by atoms with E-state index in [1.165, 1.54) is 12.8 Å². The highest BCUT2D eigenvalue weighted by Crippen LogP contribution is 2.11. The van der Waals surface area contributed by atoms with Gasteiger partial charge in [-0.15, -0.1) is 0 Å². The van der Waals surface area contributed by atoms with Crippen molar-refractivity contribution in [3.05, 3.63) is 65.2 Å². The number of carbonyl (C=O) groups excluding carboxylic acids is 3. The van der Waals surface area contributed by atoms with Gasteiger partial charge in [0.1, 0.15) is 11.2 Å². The van der Waals surface area contributed by atoms with E-state index in [0.29, 0.717) is 26.1 Å². The number of likely N-dealkylation sites (tertiary alicyclic amines) is 2. The van der Waals surface area contributed by atoms with E-state index < -0.39 is 23.3 Å². The summed E-state index contributed by atoms with van der Waals surface area (Å²) in [5.41, 5.74) is 8.71. The zero-order valence-corrected chi connectivity index (χ0v) is 31.6. The number of aliphatic carboxylic acids is 1. The SMILES string of the molecule is CC(C)(C)OC(=O)NCCc1ccc(CC(=O)CN2CCCC2)cc1.CC(C)(C)OC(=O)NCCc1ccc(N)cc1.O=C(O)CN1CCCC1. The predicted octanol–water partition coefficient (Wildman–Crippen LogP) is 5.46. The van der Waals surface area contributed by atoms with Crippen molar-refractivity contribution < 1.29 is 33.8 Å². The number of nitrogen functional groups attached to an aromatic ring is 1. The van der Waals surface area contributed by atoms with Gasteiger partial charge in [0.2, 0.25) is 0 Å². The number of carboxylic acids is 1. The first-order valence-corrected chi connectivity index (χ1v) is 18.0. The molecule has 2 heterocycles. The number of Topliss-reactive ketones (excluding diaryl/α,β-unsaturated/α-hetero) is 1. The molecule has 284 valence electrons. The van der Waals surface area contributed by atoms with Crippen molar-refractivity contribution in [1.82, 2.24) is 20.4 Å². The lowest BCUT2D eigenvalue weighted by atomic mass is 10.0. The van der Waals surface area contributed by atoms with Gasteiger partial charge < -0.3 is 30.9 Å². The van der Waals surface area contributed by atoms with Crippen LogP contribution in [0.25, 0.3) is 0 Å². The van der Waals surface area contributed by atoms with Crippen LogP contribution in [-0.2, 0) is 38.3 Å². The maximum Gasteiger partial charge on any atom is 0.407 e. The molecule has 51 heavy (non-hydrogen) atoms. The summed E-state index contributed by atoms with van der Waals surface area (Å²) in [5, 5.41) is 13.8. The number of carbonyl (C=O) groups is 4. The fourth-order valence-corrected chi connectivity index (χ4v) is 5.36. The van der Waals surface area contributed by atoms with Crippen LogP contribution in [0.15, 0.2) is 48.5 Å². The number of anilines is 1. The normalized spacial score (nSPS) is 14.7. The summed E-state index contributed by atoms with van der Waals surface area (Å²) in [4.78, 5) is 49.4. The van der Waals surface area contributed by atoms with Crippen LogP contribution in [0.4, 0.5) is 15.3 Å². The summed E-state index contributed by atoms with van der Waals surface area (Å²) in [5.74, 6) is -0.432. The maximum absolute atomic E-state index is 12.1. The van der Waals surface area contributed by atoms with E-state index in [4.69, 9.17) is 20.3 Å². The minimum atomic E-state index is -0.711. The number of ketones is 1. The Labute approximate surface area is 304 Å². The zero-order valence-electron chi connectivity index (χ0n) is 31.6. The molecule has 12 nitrogen and oxygen atoms in total. The van der Waals surface area contributed by atoms with Gasteiger partial charge in [0.15, 0.2) is 5.78 Å². The molecule has 2 amide bonds. The Balaban J connectivity index is 0.000000297. The number of hydrogen-bond acceptors (Lipinski definition) is 9. The van der Waals surface area contributed by atoms with E-state index in [9.17, 15) is 19.2 Å². The van der Waals surface area contributed by atoms with Crippen molar-refractivity contribution >= 4 is 29.6 Å². The zero-order chi connectivity index (χ0) is 37.9. The number of carboxylic acid groups (broad SMARTS) is 1. The average Bonchev–Trinajstić information content (AvgIpc) is 3.72. The Bertz CT molecular complexity index is 1340. The topological polar surface area (TPSA) is 164 Å². The summed E-state index contributed by atoms with van der Waals surface area (Å²) >= 11 is 0. The molecular weight excluding hydrogens is 650 g/mol. The third-order valence-electron chi connectivity index (χ3n) is 7.72. The van der Waals surface area contributed by atoms with Gasteiger partial charge in [0.25, 0.3) is 0 Å². The molecule has 0 bridgehead atoms. The van der Waals surface area contributed by atoms with Crippen molar-refractivity contribution in [2.75, 3.05) is 58.1 Å². The van der Waals surface area contributed by atoms with E-state index in [1.807, 2.05) is 95.0 Å². The highest BCUT2D eigenvalue weighted by molar-refractivity contribution is 5.82. The molecule has 0 saturated carbocycles. The molecule has 2 aromatic rings. The van der Waals surface area contributed by atoms with Crippen molar-refractivity contribution in [2.24, 2.45) is 0 Å². The van der Waals surface area contributed by atoms with Crippen LogP contribution < -0.4 is 16.4 Å². The fraction of sp³-hybridized carbons (Fsp3) is 0.590. The van der Waals surface area contributed by atoms with Gasteiger partial charge in [0, 0.05) is 25.2 Å². The Hall–Kier alpha value is -4.16. The second kappa shape index (κ2) is 21.9. The molecule has 2 aliphatic heterocycles. The van der Waals surface area contributed by atoms with Gasteiger partial charge in [0.05, 0.1) is 13.1 Å². The molecule has 4 rings (SSSR count). The Morgan fingerprint density at radius 2 is 1.02 bits per heavy atom. The molecule has 2 aliphatic rings. The van der Waals surface area contributed by atoms with Crippen LogP contribution in [0.3, 0.4) is 0 Å². The third-order valence-corrected chi connectivity index (χ3v) is 7.72. The average molecular weight is 712 g/mol. The number of nitrogens with two attached hydrogens (primary N) is 1. The van der Waals surface area contributed by atoms with Gasteiger partial charge in [-0.2, -0.15) is 0 Å². The van der Waals surface area contributed by atoms with E-state index in [-0.39, 0.29) is 18.4 Å². The van der Waals surface area contributed by atoms with Crippen molar-refractivity contribution in [2.45, 2.75) is 97.7 Å². The second-order valence-electron chi connectivity index (χ2n) is 15.0. The second-order valence-corrected chi connectivity index (χ2v) is 15.0. The minimum absolute atomic E-state index is 0.222. The molecule has 5 N–H and O–H groups in total. The third kappa shape index (κ3) is 21.6. The number of amides is 2. The summed E-state index contributed by atoms with van der Waals surface area (Å²) in [6.07, 6.45) is 5.96. The van der Waals surface area contributed by atoms with E-state index in [2.05, 4.69) is 15.5 Å². The number of rotatable bonds is 12. The number of ether oxygens (including phenoxy) is 2. The lowest BCUT2D eigenvalue weighted by molar-refractivity contribution is -0.138. The van der Waals surface area contributed by atoms with E-state index >= 15 is 0 Å². The Kier molecular flexibility index (Phi) is 18.5. The van der Waals surface area contributed by atoms with Crippen LogP contribution in [-0.4, -0.2) is 102 Å². The van der Waals surface area contributed by atoms with Crippen molar-refractivity contribution in [1.29, 1.82) is 0 Å². The molecule has 12 heteroatoms. The summed E-state index contributed by atoms with van der Waals surface area (Å²) in [6, 6.07) is 15.7. The number of hydrogen-bond donors (Lipinski definition) is 4. The number of nitrogens with one attached hydrogen (secondary N) is 2. The fourth-order valence-electron chi connectivity index (χ4n) is 5.36. The molecule has 2 aromatic carbocycles. The first-order valence-electron chi connectivity index (χ1n) is 18.0. The monoisotopic (exact) mass is 711 g/mol. The summed E-state index contributed by atoms with van der Waals surface area (Å²) < 4.78 is 10.3. The molecule has 0 aliphatic carbocycles. The van der Waals surface area contributed by atoms with Gasteiger partial charge in [-0.3, -0.25) is 19.4 Å². The van der Waals surface area contributed by atoms with Crippen molar-refractivity contribution in [3.8, 4) is 0 Å². The van der Waals surface area contributed by atoms with Crippen LogP contribution in [0.5, 0.6) is 0 Å². The highest BCUT2D eigenvalue weighted by Gasteiger charge is 2.17. The maximum atomic E-state index is 12.1. The number of alkyl carbamates (subject to hydrolysis) is 2. The molecule has 0 aromatic heterocycles.